The molecule has 4 rings (SSSR count). The number of rotatable bonds is 28. The Kier molecular flexibility index (Phi) is 18.9. The van der Waals surface area contributed by atoms with Gasteiger partial charge >= 0.3 is 7.82 Å². The first-order valence-electron chi connectivity index (χ1n) is 20.1. The maximum atomic E-state index is 14.0. The summed E-state index contributed by atoms with van der Waals surface area (Å²) >= 11 is 0. The molecule has 1 unspecified atom stereocenters. The molecule has 0 radical (unpaired) electrons. The SMILES string of the molecule is CCCCCCCCCCCCCCCCCOC[C@@H](COc1cc(F)cc(C#N)c1)COP(=O)(O)OC[C@@]1(C)O[C@@H](c2ccc3c(N)ncnn23)[C@H](O)[C@@H]1O. The van der Waals surface area contributed by atoms with Crippen molar-refractivity contribution in [3.63, 3.8) is 0 Å². The van der Waals surface area contributed by atoms with Gasteiger partial charge in [0.25, 0.3) is 0 Å². The highest BCUT2D eigenvalue weighted by Gasteiger charge is 2.53. The molecule has 0 spiro atoms. The Hall–Kier alpha value is -3.19. The molecule has 56 heavy (non-hydrogen) atoms. The van der Waals surface area contributed by atoms with Crippen LogP contribution in [-0.2, 0) is 23.1 Å². The molecule has 312 valence electrons. The number of nitriles is 1. The molecule has 0 saturated carbocycles. The number of aromatic nitrogens is 3. The van der Waals surface area contributed by atoms with Crippen molar-refractivity contribution < 1.29 is 47.3 Å². The summed E-state index contributed by atoms with van der Waals surface area (Å²) in [7, 11) is -4.74. The number of nitrogens with two attached hydrogens (primary N) is 1. The van der Waals surface area contributed by atoms with E-state index >= 15 is 0 Å². The van der Waals surface area contributed by atoms with E-state index in [1.54, 1.807) is 12.1 Å². The number of unbranched alkanes of at least 4 members (excludes halogenated alkanes) is 14. The molecule has 1 aromatic carbocycles. The molecule has 5 N–H and O–H groups in total. The van der Waals surface area contributed by atoms with Crippen LogP contribution in [0.3, 0.4) is 0 Å². The maximum absolute atomic E-state index is 14.0. The van der Waals surface area contributed by atoms with E-state index in [2.05, 4.69) is 17.0 Å². The third kappa shape index (κ3) is 14.3. The van der Waals surface area contributed by atoms with E-state index in [9.17, 15) is 29.3 Å². The van der Waals surface area contributed by atoms with Crippen molar-refractivity contribution in [2.45, 2.75) is 134 Å². The molecule has 1 aliphatic heterocycles. The summed E-state index contributed by atoms with van der Waals surface area (Å²) < 4.78 is 56.8. The summed E-state index contributed by atoms with van der Waals surface area (Å²) in [5, 5.41) is 35.2. The summed E-state index contributed by atoms with van der Waals surface area (Å²) in [5.41, 5.74) is 5.27. The number of hydrogen-bond donors (Lipinski definition) is 4. The Balaban J connectivity index is 1.20. The van der Waals surface area contributed by atoms with Crippen LogP contribution in [0.5, 0.6) is 5.75 Å². The minimum absolute atomic E-state index is 0.0695. The molecule has 0 aliphatic carbocycles. The fourth-order valence-electron chi connectivity index (χ4n) is 6.84. The minimum atomic E-state index is -4.74. The fraction of sp³-hybridized carbons (Fsp3) is 0.675. The smallest absolute Gasteiger partial charge is 0.472 e. The number of phosphoric ester groups is 1. The second kappa shape index (κ2) is 23.3. The third-order valence-electron chi connectivity index (χ3n) is 10.2. The van der Waals surface area contributed by atoms with Crippen LogP contribution < -0.4 is 10.5 Å². The van der Waals surface area contributed by atoms with Crippen molar-refractivity contribution in [3.05, 3.63) is 53.7 Å². The van der Waals surface area contributed by atoms with E-state index in [1.165, 1.54) is 101 Å². The summed E-state index contributed by atoms with van der Waals surface area (Å²) in [4.78, 5) is 14.6. The van der Waals surface area contributed by atoms with Crippen LogP contribution in [0.15, 0.2) is 36.7 Å². The first kappa shape index (κ1) is 45.5. The van der Waals surface area contributed by atoms with Crippen LogP contribution in [0.25, 0.3) is 5.52 Å². The molecule has 16 heteroatoms. The predicted octanol–water partition coefficient (Wildman–Crippen LogP) is 7.59. The number of aliphatic hydroxyl groups excluding tert-OH is 2. The van der Waals surface area contributed by atoms with E-state index in [-0.39, 0.29) is 37.0 Å². The Morgan fingerprint density at radius 2 is 1.61 bits per heavy atom. The molecular weight excluding hydrogens is 744 g/mol. The Bertz CT molecular complexity index is 1710. The van der Waals surface area contributed by atoms with Gasteiger partial charge in [-0.15, -0.1) is 0 Å². The number of halogens is 1. The monoisotopic (exact) mass is 805 g/mol. The van der Waals surface area contributed by atoms with Gasteiger partial charge in [0, 0.05) is 18.6 Å². The summed E-state index contributed by atoms with van der Waals surface area (Å²) in [6.45, 7) is 3.29. The molecule has 0 amide bonds. The van der Waals surface area contributed by atoms with Crippen molar-refractivity contribution in [1.82, 2.24) is 14.6 Å². The predicted molar refractivity (Wildman–Crippen MR) is 209 cm³/mol. The molecule has 1 aliphatic rings. The Morgan fingerprint density at radius 1 is 0.964 bits per heavy atom. The normalized spacial score (nSPS) is 21.3. The third-order valence-corrected chi connectivity index (χ3v) is 11.1. The minimum Gasteiger partial charge on any atom is -0.493 e. The first-order chi connectivity index (χ1) is 27.0. The van der Waals surface area contributed by atoms with Crippen molar-refractivity contribution in [2.75, 3.05) is 38.8 Å². The lowest BCUT2D eigenvalue weighted by atomic mass is 9.97. The molecule has 14 nitrogen and oxygen atoms in total. The number of aliphatic hydroxyl groups is 2. The molecule has 1 saturated heterocycles. The second-order valence-corrected chi connectivity index (χ2v) is 16.5. The van der Waals surface area contributed by atoms with E-state index in [1.807, 2.05) is 6.07 Å². The number of fused-ring (bicyclic) bond motifs is 1. The van der Waals surface area contributed by atoms with Crippen LogP contribution >= 0.6 is 7.82 Å². The van der Waals surface area contributed by atoms with Gasteiger partial charge in [0.1, 0.15) is 47.3 Å². The molecule has 0 bridgehead atoms. The highest BCUT2D eigenvalue weighted by atomic mass is 31.2. The molecule has 1 fully saturated rings. The number of nitrogen functional groups attached to an aromatic ring is 1. The van der Waals surface area contributed by atoms with Crippen molar-refractivity contribution in [2.24, 2.45) is 5.92 Å². The van der Waals surface area contributed by atoms with Crippen LogP contribution in [0.1, 0.15) is 128 Å². The van der Waals surface area contributed by atoms with Gasteiger partial charge < -0.3 is 35.1 Å². The van der Waals surface area contributed by atoms with Gasteiger partial charge in [0.05, 0.1) is 43.8 Å². The van der Waals surface area contributed by atoms with Gasteiger partial charge in [-0.3, -0.25) is 9.05 Å². The van der Waals surface area contributed by atoms with Crippen LogP contribution in [0, 0.1) is 23.1 Å². The lowest BCUT2D eigenvalue weighted by molar-refractivity contribution is -0.0999. The van der Waals surface area contributed by atoms with Crippen molar-refractivity contribution >= 4 is 19.2 Å². The average Bonchev–Trinajstić information content (AvgIpc) is 3.71. The lowest BCUT2D eigenvalue weighted by Gasteiger charge is -2.28. The highest BCUT2D eigenvalue weighted by molar-refractivity contribution is 7.47. The maximum Gasteiger partial charge on any atom is 0.472 e. The number of nitrogens with zero attached hydrogens (tertiary/aromatic N) is 4. The lowest BCUT2D eigenvalue weighted by Crippen LogP contribution is -2.44. The highest BCUT2D eigenvalue weighted by Crippen LogP contribution is 2.48. The largest absolute Gasteiger partial charge is 0.493 e. The number of benzene rings is 1. The van der Waals surface area contributed by atoms with Crippen molar-refractivity contribution in [3.8, 4) is 11.8 Å². The van der Waals surface area contributed by atoms with E-state index in [4.69, 9.17) is 29.0 Å². The molecule has 3 aromatic rings. The van der Waals surface area contributed by atoms with Gasteiger partial charge in [-0.25, -0.2) is 18.5 Å². The van der Waals surface area contributed by atoms with Gasteiger partial charge in [0.2, 0.25) is 0 Å². The van der Waals surface area contributed by atoms with Crippen LogP contribution in [-0.4, -0.2) is 80.5 Å². The van der Waals surface area contributed by atoms with E-state index in [0.717, 1.165) is 31.4 Å². The number of ether oxygens (including phenoxy) is 3. The molecule has 3 heterocycles. The van der Waals surface area contributed by atoms with E-state index in [0.29, 0.717) is 17.8 Å². The Labute approximate surface area is 330 Å². The van der Waals surface area contributed by atoms with Crippen LogP contribution in [0.4, 0.5) is 10.2 Å². The van der Waals surface area contributed by atoms with Crippen LogP contribution in [0.2, 0.25) is 0 Å². The topological polar surface area (TPSA) is 204 Å². The van der Waals surface area contributed by atoms with Crippen molar-refractivity contribution in [1.29, 1.82) is 5.26 Å². The quantitative estimate of drug-likeness (QED) is 0.0413. The van der Waals surface area contributed by atoms with E-state index < -0.39 is 50.1 Å². The number of hydrogen-bond acceptors (Lipinski definition) is 12. The average molecular weight is 806 g/mol. The summed E-state index contributed by atoms with van der Waals surface area (Å²) in [5.74, 6) is -0.873. The second-order valence-electron chi connectivity index (χ2n) is 15.0. The van der Waals surface area contributed by atoms with Gasteiger partial charge in [-0.2, -0.15) is 10.4 Å². The zero-order chi connectivity index (χ0) is 40.4. The standard InChI is InChI=1S/C40H61FN5O9P/c1-3-4-5-6-7-8-9-10-11-12-13-14-15-16-17-20-51-25-31(26-52-33-22-30(24-42)21-32(41)23-33)27-53-56(49,50)54-28-40(2)38(48)36(47)37(55-40)34-18-19-35-39(43)44-29-45-46(34)35/h18-19,21-23,29,31,36-38,47-48H,3-17,20,25-28H2,1-2H3,(H,49,50)(H2,43,44,45)/t31-,36-,37-,38-,40+/m0/s1. The van der Waals surface area contributed by atoms with Gasteiger partial charge in [-0.1, -0.05) is 96.8 Å². The summed E-state index contributed by atoms with van der Waals surface area (Å²) in [6, 6.07) is 8.78. The Morgan fingerprint density at radius 3 is 2.25 bits per heavy atom. The molecule has 6 atom stereocenters. The number of anilines is 1. The fourth-order valence-corrected chi connectivity index (χ4v) is 7.73. The zero-order valence-electron chi connectivity index (χ0n) is 32.9. The first-order valence-corrected chi connectivity index (χ1v) is 21.6. The molecular formula is C40H61FN5O9P. The summed E-state index contributed by atoms with van der Waals surface area (Å²) in [6.07, 6.45) is 16.1. The van der Waals surface area contributed by atoms with Gasteiger partial charge in [0.15, 0.2) is 5.82 Å². The molecule has 2 aromatic heterocycles. The zero-order valence-corrected chi connectivity index (χ0v) is 33.8. The number of phosphoric acid groups is 1. The van der Waals surface area contributed by atoms with Gasteiger partial charge in [-0.05, 0) is 37.6 Å².